The third-order valence-electron chi connectivity index (χ3n) is 7.70. The van der Waals surface area contributed by atoms with E-state index in [2.05, 4.69) is 63.1 Å². The van der Waals surface area contributed by atoms with E-state index < -0.39 is 7.75 Å². The molecule has 1 N–H and O–H groups in total. The van der Waals surface area contributed by atoms with Gasteiger partial charge in [-0.2, -0.15) is 0 Å². The molecule has 0 heterocycles. The molecular formula is C38H67NO3P2. The fourth-order valence-corrected chi connectivity index (χ4v) is 9.10. The second-order valence-electron chi connectivity index (χ2n) is 12.7. The van der Waals surface area contributed by atoms with Crippen LogP contribution in [0.25, 0.3) is 0 Å². The first kappa shape index (κ1) is 41.0. The van der Waals surface area contributed by atoms with Crippen molar-refractivity contribution in [3.05, 3.63) is 66.2 Å². The second-order valence-corrected chi connectivity index (χ2v) is 17.0. The molecule has 2 rings (SSSR count). The predicted octanol–water partition coefficient (Wildman–Crippen LogP) is 11.8. The van der Waals surface area contributed by atoms with Gasteiger partial charge >= 0.3 is 7.75 Å². The second kappa shape index (κ2) is 27.1. The van der Waals surface area contributed by atoms with Gasteiger partial charge in [0.1, 0.15) is 0 Å². The summed E-state index contributed by atoms with van der Waals surface area (Å²) in [5.74, 6) is 1.75. The van der Waals surface area contributed by atoms with Gasteiger partial charge in [-0.1, -0.05) is 160 Å². The first-order valence-electron chi connectivity index (χ1n) is 17.8. The van der Waals surface area contributed by atoms with E-state index >= 15 is 0 Å². The van der Waals surface area contributed by atoms with Crippen molar-refractivity contribution < 1.29 is 13.6 Å². The Bertz CT molecular complexity index is 908. The highest BCUT2D eigenvalue weighted by atomic mass is 31.2. The predicted molar refractivity (Wildman–Crippen MR) is 197 cm³/mol. The maximum Gasteiger partial charge on any atom is 0.405 e. The summed E-state index contributed by atoms with van der Waals surface area (Å²) in [5.41, 5.74) is 1.19. The molecule has 6 heteroatoms. The summed E-state index contributed by atoms with van der Waals surface area (Å²) in [5, 5.41) is 4.50. The molecule has 0 aliphatic carbocycles. The normalized spacial score (nSPS) is 11.8. The molecule has 0 amide bonds. The quantitative estimate of drug-likeness (QED) is 0.0860. The molecule has 2 aromatic rings. The Morgan fingerprint density at radius 3 is 1.52 bits per heavy atom. The topological polar surface area (TPSA) is 47.6 Å². The largest absolute Gasteiger partial charge is 0.405 e. The van der Waals surface area contributed by atoms with E-state index in [1.165, 1.54) is 94.9 Å². The van der Waals surface area contributed by atoms with Gasteiger partial charge in [0.25, 0.3) is 0 Å². The molecule has 2 aromatic carbocycles. The number of unbranched alkanes of at least 4 members (excludes halogenated alkanes) is 8. The third kappa shape index (κ3) is 22.5. The van der Waals surface area contributed by atoms with Gasteiger partial charge in [-0.3, -0.25) is 9.05 Å². The fraction of sp³-hybridized carbons (Fsp3) is 0.684. The van der Waals surface area contributed by atoms with E-state index in [0.717, 1.165) is 18.3 Å². The van der Waals surface area contributed by atoms with Crippen molar-refractivity contribution in [3.8, 4) is 0 Å². The zero-order chi connectivity index (χ0) is 32.3. The van der Waals surface area contributed by atoms with Crippen molar-refractivity contribution in [1.82, 2.24) is 5.09 Å². The van der Waals surface area contributed by atoms with Crippen molar-refractivity contribution in [3.63, 3.8) is 0 Å². The van der Waals surface area contributed by atoms with E-state index in [-0.39, 0.29) is 7.92 Å². The zero-order valence-electron chi connectivity index (χ0n) is 29.3. The summed E-state index contributed by atoms with van der Waals surface area (Å²) < 4.78 is 22.3. The van der Waals surface area contributed by atoms with Crippen molar-refractivity contribution in [1.29, 1.82) is 0 Å². The van der Waals surface area contributed by atoms with Crippen molar-refractivity contribution >= 4 is 21.0 Å². The van der Waals surface area contributed by atoms with Crippen molar-refractivity contribution in [2.75, 3.05) is 32.1 Å². The molecule has 0 fully saturated rings. The third-order valence-corrected chi connectivity index (χ3v) is 12.2. The van der Waals surface area contributed by atoms with Crippen LogP contribution in [0.2, 0.25) is 0 Å². The Balaban J connectivity index is 0.000000488. The summed E-state index contributed by atoms with van der Waals surface area (Å²) in [6.45, 7) is 14.3. The molecule has 0 bridgehead atoms. The molecule has 0 saturated carbocycles. The van der Waals surface area contributed by atoms with Crippen LogP contribution >= 0.6 is 15.7 Å². The standard InChI is InChI=1S/C26H47P.C12H20NO3P/c1-24(2)18-12-7-5-9-16-22-27(26-20-14-11-15-21-26)23-17-10-6-8-13-19-25(3)4;1-3-15-17(14,16-4-2)13-11-10-12-8-6-5-7-9-12/h11,14-15,20-21,24-25H,5-10,12-13,16-19,22-23H2,1-4H3;5-9H,3-4,10-11H2,1-2H3,(H,13,14). The van der Waals surface area contributed by atoms with Crippen LogP contribution in [0.5, 0.6) is 0 Å². The molecule has 0 unspecified atom stereocenters. The number of nitrogens with one attached hydrogen (secondary N) is 1. The highest BCUT2D eigenvalue weighted by Gasteiger charge is 2.22. The first-order valence-corrected chi connectivity index (χ1v) is 21.0. The SMILES string of the molecule is CC(C)CCCCCCCP(CCCCCCCC(C)C)c1ccccc1.CCOP(=O)(NCCc1ccccc1)OCC. The molecule has 0 aliphatic rings. The van der Waals surface area contributed by atoms with Crippen LogP contribution in [0, 0.1) is 11.8 Å². The van der Waals surface area contributed by atoms with Gasteiger partial charge in [0.2, 0.25) is 0 Å². The maximum atomic E-state index is 12.0. The average molecular weight is 648 g/mol. The highest BCUT2D eigenvalue weighted by Crippen LogP contribution is 2.43. The van der Waals surface area contributed by atoms with Gasteiger partial charge < -0.3 is 0 Å². The summed E-state index contributed by atoms with van der Waals surface area (Å²) in [6.07, 6.45) is 20.9. The van der Waals surface area contributed by atoms with Crippen LogP contribution in [-0.4, -0.2) is 32.1 Å². The maximum absolute atomic E-state index is 12.0. The summed E-state index contributed by atoms with van der Waals surface area (Å²) in [6, 6.07) is 21.4. The minimum atomic E-state index is -3.11. The smallest absolute Gasteiger partial charge is 0.297 e. The zero-order valence-corrected chi connectivity index (χ0v) is 31.1. The Labute approximate surface area is 274 Å². The minimum Gasteiger partial charge on any atom is -0.297 e. The van der Waals surface area contributed by atoms with Crippen LogP contribution in [-0.2, 0) is 20.0 Å². The number of rotatable bonds is 25. The van der Waals surface area contributed by atoms with Gasteiger partial charge in [0.05, 0.1) is 13.2 Å². The van der Waals surface area contributed by atoms with Crippen LogP contribution < -0.4 is 10.4 Å². The van der Waals surface area contributed by atoms with Crippen LogP contribution in [0.15, 0.2) is 60.7 Å². The van der Waals surface area contributed by atoms with Crippen LogP contribution in [0.3, 0.4) is 0 Å². The molecule has 0 aromatic heterocycles. The molecule has 44 heavy (non-hydrogen) atoms. The number of benzene rings is 2. The van der Waals surface area contributed by atoms with Gasteiger partial charge in [-0.15, -0.1) is 0 Å². The summed E-state index contributed by atoms with van der Waals surface area (Å²) in [7, 11) is -3.03. The van der Waals surface area contributed by atoms with Gasteiger partial charge in [0, 0.05) is 6.54 Å². The van der Waals surface area contributed by atoms with E-state index in [1.54, 1.807) is 19.2 Å². The number of hydrogen-bond donors (Lipinski definition) is 1. The van der Waals surface area contributed by atoms with Crippen molar-refractivity contribution in [2.45, 2.75) is 125 Å². The van der Waals surface area contributed by atoms with Gasteiger partial charge in [0.15, 0.2) is 0 Å². The lowest BCUT2D eigenvalue weighted by atomic mass is 10.0. The average Bonchev–Trinajstić information content (AvgIpc) is 3.00. The lowest BCUT2D eigenvalue weighted by molar-refractivity contribution is 0.211. The Morgan fingerprint density at radius 2 is 1.07 bits per heavy atom. The molecule has 252 valence electrons. The van der Waals surface area contributed by atoms with E-state index in [1.807, 2.05) is 30.3 Å². The van der Waals surface area contributed by atoms with Crippen LogP contribution in [0.4, 0.5) is 0 Å². The molecule has 0 aliphatic heterocycles. The van der Waals surface area contributed by atoms with E-state index in [4.69, 9.17) is 9.05 Å². The van der Waals surface area contributed by atoms with Crippen LogP contribution in [0.1, 0.15) is 124 Å². The first-order chi connectivity index (χ1) is 21.3. The fourth-order valence-electron chi connectivity index (χ4n) is 5.23. The molecular weight excluding hydrogens is 580 g/mol. The lowest BCUT2D eigenvalue weighted by Crippen LogP contribution is -2.17. The lowest BCUT2D eigenvalue weighted by Gasteiger charge is -2.18. The Hall–Kier alpha value is -1.02. The van der Waals surface area contributed by atoms with E-state index in [0.29, 0.717) is 19.8 Å². The molecule has 0 spiro atoms. The Morgan fingerprint density at radius 1 is 0.636 bits per heavy atom. The molecule has 0 atom stereocenters. The summed E-state index contributed by atoms with van der Waals surface area (Å²) >= 11 is 0. The highest BCUT2D eigenvalue weighted by molar-refractivity contribution is 7.65. The number of hydrogen-bond acceptors (Lipinski definition) is 3. The van der Waals surface area contributed by atoms with Gasteiger partial charge in [-0.25, -0.2) is 9.65 Å². The molecule has 0 saturated heterocycles. The monoisotopic (exact) mass is 647 g/mol. The summed E-state index contributed by atoms with van der Waals surface area (Å²) in [4.78, 5) is 0. The molecule has 0 radical (unpaired) electrons. The molecule has 4 nitrogen and oxygen atoms in total. The van der Waals surface area contributed by atoms with Gasteiger partial charge in [-0.05, 0) is 68.1 Å². The minimum absolute atomic E-state index is 0.0747. The van der Waals surface area contributed by atoms with E-state index in [9.17, 15) is 4.57 Å². The van der Waals surface area contributed by atoms with Crippen molar-refractivity contribution in [2.24, 2.45) is 11.8 Å². The Kier molecular flexibility index (Phi) is 25.3.